The van der Waals surface area contributed by atoms with Gasteiger partial charge in [-0.3, -0.25) is 0 Å². The smallest absolute Gasteiger partial charge is 0.407 e. The molecule has 1 amide bonds. The van der Waals surface area contributed by atoms with Crippen molar-refractivity contribution < 1.29 is 15.0 Å². The average molecular weight is 244 g/mol. The van der Waals surface area contributed by atoms with Gasteiger partial charge >= 0.3 is 6.09 Å². The third-order valence-electron chi connectivity index (χ3n) is 3.56. The minimum Gasteiger partial charge on any atom is -0.465 e. The highest BCUT2D eigenvalue weighted by Gasteiger charge is 2.39. The Hall–Kier alpha value is -0.810. The first-order chi connectivity index (χ1) is 7.69. The number of rotatable bonds is 2. The van der Waals surface area contributed by atoms with Gasteiger partial charge in [0, 0.05) is 18.1 Å². The molecule has 1 aliphatic rings. The van der Waals surface area contributed by atoms with E-state index in [1.54, 1.807) is 0 Å². The van der Waals surface area contributed by atoms with E-state index in [2.05, 4.69) is 0 Å². The van der Waals surface area contributed by atoms with Crippen molar-refractivity contribution in [2.24, 2.45) is 5.73 Å². The Morgan fingerprint density at radius 3 is 2.18 bits per heavy atom. The van der Waals surface area contributed by atoms with Gasteiger partial charge in [-0.15, -0.1) is 0 Å². The minimum absolute atomic E-state index is 0.0145. The molecule has 0 spiro atoms. The molecule has 17 heavy (non-hydrogen) atoms. The molecule has 5 nitrogen and oxygen atoms in total. The summed E-state index contributed by atoms with van der Waals surface area (Å²) in [6, 6.07) is -0.0145. The molecule has 1 fully saturated rings. The summed E-state index contributed by atoms with van der Waals surface area (Å²) in [5.74, 6) is 0. The fourth-order valence-corrected chi connectivity index (χ4v) is 2.59. The van der Waals surface area contributed by atoms with E-state index >= 15 is 0 Å². The fourth-order valence-electron chi connectivity index (χ4n) is 2.59. The Kier molecular flexibility index (Phi) is 4.04. The van der Waals surface area contributed by atoms with Crippen LogP contribution in [0.3, 0.4) is 0 Å². The van der Waals surface area contributed by atoms with Crippen molar-refractivity contribution in [2.75, 3.05) is 6.54 Å². The van der Waals surface area contributed by atoms with Gasteiger partial charge in [0.05, 0.1) is 5.60 Å². The van der Waals surface area contributed by atoms with Crippen LogP contribution in [0.2, 0.25) is 0 Å². The number of nitrogens with two attached hydrogens (primary N) is 1. The van der Waals surface area contributed by atoms with Crippen LogP contribution in [0.4, 0.5) is 4.79 Å². The quantitative estimate of drug-likeness (QED) is 0.685. The van der Waals surface area contributed by atoms with E-state index in [0.717, 1.165) is 0 Å². The van der Waals surface area contributed by atoms with E-state index in [1.807, 2.05) is 20.8 Å². The minimum atomic E-state index is -0.888. The van der Waals surface area contributed by atoms with Crippen LogP contribution in [0.25, 0.3) is 0 Å². The third kappa shape index (κ3) is 3.33. The zero-order valence-electron chi connectivity index (χ0n) is 10.9. The monoisotopic (exact) mass is 244 g/mol. The van der Waals surface area contributed by atoms with Crippen molar-refractivity contribution in [1.82, 2.24) is 4.90 Å². The molecule has 0 aromatic rings. The zero-order chi connectivity index (χ0) is 13.3. The number of hydrogen-bond donors (Lipinski definition) is 3. The lowest BCUT2D eigenvalue weighted by molar-refractivity contribution is -0.0244. The summed E-state index contributed by atoms with van der Waals surface area (Å²) >= 11 is 0. The molecule has 0 aromatic carbocycles. The van der Waals surface area contributed by atoms with Gasteiger partial charge in [0.15, 0.2) is 0 Å². The molecular weight excluding hydrogens is 220 g/mol. The van der Waals surface area contributed by atoms with Gasteiger partial charge in [-0.05, 0) is 46.5 Å². The summed E-state index contributed by atoms with van der Waals surface area (Å²) in [5, 5.41) is 19.3. The lowest BCUT2D eigenvalue weighted by atomic mass is 9.80. The maximum absolute atomic E-state index is 11.3. The Labute approximate surface area is 103 Å². The highest BCUT2D eigenvalue weighted by molar-refractivity contribution is 5.66. The first-order valence-corrected chi connectivity index (χ1v) is 6.14. The number of nitrogens with zero attached hydrogens (tertiary/aromatic N) is 1. The molecule has 0 aliphatic heterocycles. The van der Waals surface area contributed by atoms with Crippen molar-refractivity contribution in [3.8, 4) is 0 Å². The molecule has 0 bridgehead atoms. The number of amides is 1. The summed E-state index contributed by atoms with van der Waals surface area (Å²) in [6.07, 6.45) is 1.62. The van der Waals surface area contributed by atoms with E-state index in [-0.39, 0.29) is 12.6 Å². The Morgan fingerprint density at radius 2 is 1.88 bits per heavy atom. The lowest BCUT2D eigenvalue weighted by Gasteiger charge is -2.44. The normalized spacial score (nSPS) is 30.1. The van der Waals surface area contributed by atoms with Crippen molar-refractivity contribution in [1.29, 1.82) is 0 Å². The Morgan fingerprint density at radius 1 is 1.41 bits per heavy atom. The molecule has 100 valence electrons. The van der Waals surface area contributed by atoms with Crippen molar-refractivity contribution in [3.05, 3.63) is 0 Å². The van der Waals surface area contributed by atoms with Crippen molar-refractivity contribution >= 4 is 6.09 Å². The fraction of sp³-hybridized carbons (Fsp3) is 0.917. The molecule has 0 heterocycles. The maximum Gasteiger partial charge on any atom is 0.407 e. The topological polar surface area (TPSA) is 86.8 Å². The Balaban J connectivity index is 2.72. The highest BCUT2D eigenvalue weighted by Crippen LogP contribution is 2.33. The van der Waals surface area contributed by atoms with E-state index < -0.39 is 17.2 Å². The summed E-state index contributed by atoms with van der Waals surface area (Å²) in [6.45, 7) is 5.93. The maximum atomic E-state index is 11.3. The predicted molar refractivity (Wildman–Crippen MR) is 65.9 cm³/mol. The zero-order valence-corrected chi connectivity index (χ0v) is 10.9. The molecule has 0 saturated heterocycles. The Bertz CT molecular complexity index is 278. The van der Waals surface area contributed by atoms with Gasteiger partial charge in [-0.2, -0.15) is 0 Å². The lowest BCUT2D eigenvalue weighted by Crippen LogP contribution is -2.54. The summed E-state index contributed by atoms with van der Waals surface area (Å²) < 4.78 is 0. The van der Waals surface area contributed by atoms with E-state index in [1.165, 1.54) is 4.90 Å². The van der Waals surface area contributed by atoms with Crippen LogP contribution in [0.5, 0.6) is 0 Å². The number of carbonyl (C=O) groups is 1. The van der Waals surface area contributed by atoms with Gasteiger partial charge in [0.25, 0.3) is 0 Å². The average Bonchev–Trinajstić information content (AvgIpc) is 2.19. The molecule has 1 aliphatic carbocycles. The van der Waals surface area contributed by atoms with E-state index in [0.29, 0.717) is 25.7 Å². The van der Waals surface area contributed by atoms with Crippen LogP contribution in [0, 0.1) is 0 Å². The summed E-state index contributed by atoms with van der Waals surface area (Å²) in [7, 11) is 0. The van der Waals surface area contributed by atoms with Crippen LogP contribution in [-0.4, -0.2) is 44.9 Å². The van der Waals surface area contributed by atoms with E-state index in [4.69, 9.17) is 5.73 Å². The number of aliphatic hydroxyl groups is 1. The predicted octanol–water partition coefficient (Wildman–Crippen LogP) is 1.40. The van der Waals surface area contributed by atoms with Crippen LogP contribution in [0.15, 0.2) is 0 Å². The third-order valence-corrected chi connectivity index (χ3v) is 3.56. The van der Waals surface area contributed by atoms with Gasteiger partial charge in [-0.1, -0.05) is 0 Å². The van der Waals surface area contributed by atoms with Crippen LogP contribution in [0.1, 0.15) is 46.5 Å². The largest absolute Gasteiger partial charge is 0.465 e. The first-order valence-electron chi connectivity index (χ1n) is 6.14. The van der Waals surface area contributed by atoms with Gasteiger partial charge < -0.3 is 20.8 Å². The van der Waals surface area contributed by atoms with E-state index in [9.17, 15) is 15.0 Å². The molecule has 0 atom stereocenters. The second-order valence-electron chi connectivity index (χ2n) is 5.98. The molecule has 0 unspecified atom stereocenters. The molecule has 1 rings (SSSR count). The summed E-state index contributed by atoms with van der Waals surface area (Å²) in [5.41, 5.74) is 4.32. The van der Waals surface area contributed by atoms with Crippen molar-refractivity contribution in [3.63, 3.8) is 0 Å². The molecule has 0 aromatic heterocycles. The second-order valence-corrected chi connectivity index (χ2v) is 5.98. The number of carboxylic acid groups (broad SMARTS) is 1. The molecule has 0 radical (unpaired) electrons. The summed E-state index contributed by atoms with van der Waals surface area (Å²) in [4.78, 5) is 12.8. The molecular formula is C12H24N2O3. The SMILES string of the molecule is CC(C)(C)N(C(=O)O)[C@H]1CC[C@](O)(CN)CC1. The van der Waals surface area contributed by atoms with Crippen molar-refractivity contribution in [2.45, 2.75) is 63.6 Å². The van der Waals surface area contributed by atoms with Gasteiger partial charge in [0.2, 0.25) is 0 Å². The highest BCUT2D eigenvalue weighted by atomic mass is 16.4. The van der Waals surface area contributed by atoms with Crippen LogP contribution in [-0.2, 0) is 0 Å². The van der Waals surface area contributed by atoms with Gasteiger partial charge in [-0.25, -0.2) is 4.79 Å². The first kappa shape index (κ1) is 14.3. The molecule has 1 saturated carbocycles. The molecule has 5 heteroatoms. The number of hydrogen-bond acceptors (Lipinski definition) is 3. The van der Waals surface area contributed by atoms with Gasteiger partial charge in [0.1, 0.15) is 0 Å². The van der Waals surface area contributed by atoms with Crippen LogP contribution >= 0.6 is 0 Å². The standard InChI is InChI=1S/C12H24N2O3/c1-11(2,3)14(10(15)16)9-4-6-12(17,8-13)7-5-9/h9,17H,4-8,13H2,1-3H3,(H,15,16)/t9-,12+. The van der Waals surface area contributed by atoms with Crippen LogP contribution < -0.4 is 5.73 Å². The molecule has 4 N–H and O–H groups in total. The second kappa shape index (κ2) is 4.82.